The Bertz CT molecular complexity index is 186. The van der Waals surface area contributed by atoms with Crippen molar-refractivity contribution in [3.8, 4) is 0 Å². The van der Waals surface area contributed by atoms with E-state index in [-0.39, 0.29) is 0 Å². The van der Waals surface area contributed by atoms with E-state index >= 15 is 0 Å². The average molecular weight is 192 g/mol. The van der Waals surface area contributed by atoms with Gasteiger partial charge in [-0.2, -0.15) is 0 Å². The van der Waals surface area contributed by atoms with Crippen molar-refractivity contribution in [2.24, 2.45) is 17.8 Å². The van der Waals surface area contributed by atoms with E-state index in [1.54, 1.807) is 0 Å². The molecular formula is C14H24. The van der Waals surface area contributed by atoms with E-state index in [0.29, 0.717) is 0 Å². The van der Waals surface area contributed by atoms with E-state index in [2.05, 4.69) is 19.1 Å². The van der Waals surface area contributed by atoms with E-state index in [4.69, 9.17) is 0 Å². The molecule has 2 rings (SSSR count). The number of rotatable bonds is 2. The number of hydrogen-bond donors (Lipinski definition) is 0. The van der Waals surface area contributed by atoms with Crippen LogP contribution in [0, 0.1) is 17.8 Å². The topological polar surface area (TPSA) is 0 Å². The van der Waals surface area contributed by atoms with E-state index < -0.39 is 0 Å². The largest absolute Gasteiger partial charge is 0.0885 e. The highest BCUT2D eigenvalue weighted by Gasteiger charge is 2.26. The Morgan fingerprint density at radius 3 is 2.36 bits per heavy atom. The van der Waals surface area contributed by atoms with Crippen molar-refractivity contribution < 1.29 is 0 Å². The Labute approximate surface area is 88.8 Å². The van der Waals surface area contributed by atoms with Gasteiger partial charge in [-0.3, -0.25) is 0 Å². The molecule has 14 heavy (non-hydrogen) atoms. The maximum absolute atomic E-state index is 2.51. The normalized spacial score (nSPS) is 31.6. The molecule has 0 aromatic rings. The van der Waals surface area contributed by atoms with Crippen LogP contribution in [0.4, 0.5) is 0 Å². The molecule has 0 saturated heterocycles. The van der Waals surface area contributed by atoms with E-state index in [9.17, 15) is 0 Å². The van der Waals surface area contributed by atoms with Gasteiger partial charge in [-0.25, -0.2) is 0 Å². The second-order valence-electron chi connectivity index (χ2n) is 5.30. The third-order valence-electron chi connectivity index (χ3n) is 4.45. The summed E-state index contributed by atoms with van der Waals surface area (Å²) in [6.07, 6.45) is 16.4. The molecule has 0 N–H and O–H groups in total. The van der Waals surface area contributed by atoms with E-state index in [1.165, 1.54) is 51.4 Å². The summed E-state index contributed by atoms with van der Waals surface area (Å²) in [5.41, 5.74) is 0. The van der Waals surface area contributed by atoms with Crippen molar-refractivity contribution >= 4 is 0 Å². The van der Waals surface area contributed by atoms with Gasteiger partial charge in [0.05, 0.1) is 0 Å². The van der Waals surface area contributed by atoms with Crippen LogP contribution >= 0.6 is 0 Å². The van der Waals surface area contributed by atoms with Crippen LogP contribution in [0.15, 0.2) is 12.2 Å². The van der Waals surface area contributed by atoms with Crippen LogP contribution in [-0.4, -0.2) is 0 Å². The molecule has 1 fully saturated rings. The highest BCUT2D eigenvalue weighted by Crippen LogP contribution is 2.37. The van der Waals surface area contributed by atoms with Crippen LogP contribution in [0.2, 0.25) is 0 Å². The first-order valence-electron chi connectivity index (χ1n) is 6.53. The first-order chi connectivity index (χ1) is 6.88. The first kappa shape index (κ1) is 10.3. The summed E-state index contributed by atoms with van der Waals surface area (Å²) < 4.78 is 0. The fourth-order valence-corrected chi connectivity index (χ4v) is 3.34. The van der Waals surface area contributed by atoms with Crippen LogP contribution in [0.25, 0.3) is 0 Å². The van der Waals surface area contributed by atoms with Gasteiger partial charge >= 0.3 is 0 Å². The van der Waals surface area contributed by atoms with Crippen molar-refractivity contribution in [3.05, 3.63) is 12.2 Å². The maximum atomic E-state index is 2.51. The SMILES string of the molecule is CC(C1CC=CCC1)C1CCCCC1. The van der Waals surface area contributed by atoms with Gasteiger partial charge in [0.25, 0.3) is 0 Å². The fourth-order valence-electron chi connectivity index (χ4n) is 3.34. The third kappa shape index (κ3) is 2.40. The molecule has 0 aliphatic heterocycles. The third-order valence-corrected chi connectivity index (χ3v) is 4.45. The summed E-state index contributed by atoms with van der Waals surface area (Å²) in [6.45, 7) is 2.51. The molecule has 0 amide bonds. The Kier molecular flexibility index (Phi) is 3.67. The Balaban J connectivity index is 1.86. The summed E-state index contributed by atoms with van der Waals surface area (Å²) in [4.78, 5) is 0. The standard InChI is InChI=1S/C14H24/c1-12(13-8-4-2-5-9-13)14-10-6-3-7-11-14/h2,4,12-14H,3,5-11H2,1H3. The van der Waals surface area contributed by atoms with Crippen molar-refractivity contribution in [2.45, 2.75) is 58.3 Å². The molecule has 2 aliphatic carbocycles. The fraction of sp³-hybridized carbons (Fsp3) is 0.857. The van der Waals surface area contributed by atoms with Crippen molar-refractivity contribution in [1.29, 1.82) is 0 Å². The summed E-state index contributed by atoms with van der Waals surface area (Å²) >= 11 is 0. The first-order valence-corrected chi connectivity index (χ1v) is 6.53. The zero-order chi connectivity index (χ0) is 9.80. The van der Waals surface area contributed by atoms with Crippen LogP contribution in [0.3, 0.4) is 0 Å². The zero-order valence-corrected chi connectivity index (χ0v) is 9.54. The van der Waals surface area contributed by atoms with Gasteiger partial charge in [-0.1, -0.05) is 51.2 Å². The Morgan fingerprint density at radius 1 is 0.929 bits per heavy atom. The van der Waals surface area contributed by atoms with Gasteiger partial charge in [0.15, 0.2) is 0 Å². The summed E-state index contributed by atoms with van der Waals surface area (Å²) in [5.74, 6) is 3.04. The zero-order valence-electron chi connectivity index (χ0n) is 9.54. The van der Waals surface area contributed by atoms with Gasteiger partial charge in [0.1, 0.15) is 0 Å². The molecule has 0 heterocycles. The average Bonchev–Trinajstić information content (AvgIpc) is 2.30. The van der Waals surface area contributed by atoms with Crippen LogP contribution < -0.4 is 0 Å². The van der Waals surface area contributed by atoms with Crippen molar-refractivity contribution in [3.63, 3.8) is 0 Å². The Hall–Kier alpha value is -0.260. The van der Waals surface area contributed by atoms with Crippen molar-refractivity contribution in [2.75, 3.05) is 0 Å². The molecular weight excluding hydrogens is 168 g/mol. The lowest BCUT2D eigenvalue weighted by atomic mass is 9.72. The number of hydrogen-bond acceptors (Lipinski definition) is 0. The molecule has 2 aliphatic rings. The lowest BCUT2D eigenvalue weighted by molar-refractivity contribution is 0.184. The van der Waals surface area contributed by atoms with Crippen LogP contribution in [-0.2, 0) is 0 Å². The minimum Gasteiger partial charge on any atom is -0.0885 e. The van der Waals surface area contributed by atoms with Gasteiger partial charge in [-0.15, -0.1) is 0 Å². The molecule has 1 saturated carbocycles. The molecule has 0 heteroatoms. The molecule has 0 bridgehead atoms. The molecule has 0 radical (unpaired) electrons. The quantitative estimate of drug-likeness (QED) is 0.563. The highest BCUT2D eigenvalue weighted by molar-refractivity contribution is 4.92. The van der Waals surface area contributed by atoms with Gasteiger partial charge in [-0.05, 0) is 37.0 Å². The molecule has 0 aromatic heterocycles. The van der Waals surface area contributed by atoms with Crippen LogP contribution in [0.5, 0.6) is 0 Å². The molecule has 0 nitrogen and oxygen atoms in total. The van der Waals surface area contributed by atoms with Gasteiger partial charge in [0, 0.05) is 0 Å². The predicted molar refractivity (Wildman–Crippen MR) is 62.2 cm³/mol. The summed E-state index contributed by atoms with van der Waals surface area (Å²) in [6, 6.07) is 0. The summed E-state index contributed by atoms with van der Waals surface area (Å²) in [7, 11) is 0. The van der Waals surface area contributed by atoms with Crippen molar-refractivity contribution in [1.82, 2.24) is 0 Å². The monoisotopic (exact) mass is 192 g/mol. The van der Waals surface area contributed by atoms with Gasteiger partial charge in [0.2, 0.25) is 0 Å². The molecule has 2 atom stereocenters. The lowest BCUT2D eigenvalue weighted by Gasteiger charge is -2.34. The number of allylic oxidation sites excluding steroid dienone is 2. The Morgan fingerprint density at radius 2 is 1.71 bits per heavy atom. The lowest BCUT2D eigenvalue weighted by Crippen LogP contribution is -2.23. The smallest absolute Gasteiger partial charge is 0.0319 e. The second-order valence-corrected chi connectivity index (χ2v) is 5.30. The molecule has 0 spiro atoms. The highest BCUT2D eigenvalue weighted by atomic mass is 14.3. The minimum absolute atomic E-state index is 0.986. The second kappa shape index (κ2) is 5.00. The minimum atomic E-state index is 0.986. The molecule has 2 unspecified atom stereocenters. The van der Waals surface area contributed by atoms with E-state index in [1.807, 2.05) is 0 Å². The maximum Gasteiger partial charge on any atom is -0.0319 e. The van der Waals surface area contributed by atoms with Crippen LogP contribution in [0.1, 0.15) is 58.3 Å². The molecule has 80 valence electrons. The summed E-state index contributed by atoms with van der Waals surface area (Å²) in [5, 5.41) is 0. The predicted octanol–water partition coefficient (Wildman–Crippen LogP) is 4.56. The van der Waals surface area contributed by atoms with E-state index in [0.717, 1.165) is 17.8 Å². The molecule has 0 aromatic carbocycles. The van der Waals surface area contributed by atoms with Gasteiger partial charge < -0.3 is 0 Å².